The topological polar surface area (TPSA) is 146 Å². The summed E-state index contributed by atoms with van der Waals surface area (Å²) in [5, 5.41) is 5.27. The summed E-state index contributed by atoms with van der Waals surface area (Å²) in [4.78, 5) is 66.6. The number of carbonyl (C=O) groups is 5. The van der Waals surface area contributed by atoms with E-state index in [1.165, 1.54) is 6.07 Å². The van der Waals surface area contributed by atoms with Crippen molar-refractivity contribution in [2.45, 2.75) is 39.5 Å². The lowest BCUT2D eigenvalue weighted by Gasteiger charge is -2.20. The Morgan fingerprint density at radius 3 is 2.08 bits per heavy atom. The van der Waals surface area contributed by atoms with Gasteiger partial charge in [0.1, 0.15) is 11.6 Å². The first-order chi connectivity index (χ1) is 23.8. The lowest BCUT2D eigenvalue weighted by Crippen LogP contribution is -2.34. The van der Waals surface area contributed by atoms with Crippen LogP contribution < -0.4 is 16.0 Å². The van der Waals surface area contributed by atoms with E-state index >= 15 is 0 Å². The minimum atomic E-state index is -0.590. The molecule has 51 heavy (non-hydrogen) atoms. The van der Waals surface area contributed by atoms with E-state index in [9.17, 15) is 24.0 Å². The van der Waals surface area contributed by atoms with Crippen molar-refractivity contribution in [3.05, 3.63) is 75.8 Å². The first-order valence-electron chi connectivity index (χ1n) is 16.3. The number of pyridine rings is 1. The number of aromatic nitrogens is 1. The van der Waals surface area contributed by atoms with E-state index in [-0.39, 0.29) is 31.3 Å². The highest BCUT2D eigenvalue weighted by Crippen LogP contribution is 2.40. The van der Waals surface area contributed by atoms with Crippen LogP contribution in [0.15, 0.2) is 54.6 Å². The van der Waals surface area contributed by atoms with Crippen molar-refractivity contribution in [1.29, 1.82) is 0 Å². The van der Waals surface area contributed by atoms with Crippen molar-refractivity contribution in [2.75, 3.05) is 64.6 Å². The fraction of sp³-hybridized carbons (Fsp3) is 0.368. The van der Waals surface area contributed by atoms with Crippen molar-refractivity contribution < 1.29 is 24.0 Å². The first-order valence-corrected chi connectivity index (χ1v) is 17.1. The summed E-state index contributed by atoms with van der Waals surface area (Å²) in [6, 6.07) is 16.1. The monoisotopic (exact) mass is 736 g/mol. The number of hydrogen-bond acceptors (Lipinski definition) is 9. The standard InChI is InChI=1S/C18H16ClN3O.C8H4ClNO2.C6H8O2.C5H14N2.CH4/c1-21(2)8-9-22-15-5-3-4-14-17(15)16(18(22)23)12-10-11(19)6-7-13(12)20-14;9-4-1-2-6-5(3-4)7(11)8(12)10-6;7-5-2-1-3-6(8)4-5;1-7(2)5-3-4-6;/h3-7,10H,8-9H2,1-2H3;1-3H,(H,10,11,12);1-4H2;3-6H2,1-2H3;1H4. The van der Waals surface area contributed by atoms with Crippen molar-refractivity contribution in [3.8, 4) is 0 Å². The third kappa shape index (κ3) is 10.6. The van der Waals surface area contributed by atoms with Gasteiger partial charge >= 0.3 is 0 Å². The Morgan fingerprint density at radius 1 is 0.843 bits per heavy atom. The summed E-state index contributed by atoms with van der Waals surface area (Å²) in [7, 11) is 8.11. The van der Waals surface area contributed by atoms with Gasteiger partial charge in [0, 0.05) is 46.7 Å². The molecule has 13 heteroatoms. The van der Waals surface area contributed by atoms with Crippen LogP contribution in [0.4, 0.5) is 11.4 Å². The maximum atomic E-state index is 13.1. The third-order valence-corrected chi connectivity index (χ3v) is 8.53. The molecule has 2 aliphatic heterocycles. The number of fused-ring (bicyclic) bond motifs is 3. The predicted octanol–water partition coefficient (Wildman–Crippen LogP) is 6.27. The number of benzene rings is 3. The number of hydrogen-bond donors (Lipinski definition) is 2. The van der Waals surface area contributed by atoms with Gasteiger partial charge in [-0.3, -0.25) is 24.0 Å². The van der Waals surface area contributed by atoms with Crippen LogP contribution in [0, 0.1) is 0 Å². The zero-order valence-electron chi connectivity index (χ0n) is 28.7. The number of nitrogens with zero attached hydrogens (tertiary/aromatic N) is 4. The van der Waals surface area contributed by atoms with Crippen LogP contribution >= 0.6 is 23.2 Å². The van der Waals surface area contributed by atoms with Crippen LogP contribution in [-0.4, -0.2) is 98.3 Å². The molecule has 0 spiro atoms. The zero-order valence-corrected chi connectivity index (χ0v) is 30.2. The molecule has 0 unspecified atom stereocenters. The summed E-state index contributed by atoms with van der Waals surface area (Å²) in [6.45, 7) is 3.37. The average Bonchev–Trinajstić information content (AvgIpc) is 3.52. The van der Waals surface area contributed by atoms with Crippen molar-refractivity contribution >= 4 is 85.5 Å². The molecule has 0 atom stereocenters. The van der Waals surface area contributed by atoms with Crippen molar-refractivity contribution in [2.24, 2.45) is 5.73 Å². The Kier molecular flexibility index (Phi) is 15.2. The lowest BCUT2D eigenvalue weighted by atomic mass is 9.98. The minimum Gasteiger partial charge on any atom is -0.330 e. The van der Waals surface area contributed by atoms with Crippen LogP contribution in [0.2, 0.25) is 10.0 Å². The molecule has 1 saturated carbocycles. The number of Topliss-reactive ketones (excluding diaryl/α,β-unsaturated/α-hetero) is 3. The molecule has 3 N–H and O–H groups in total. The van der Waals surface area contributed by atoms with E-state index < -0.39 is 11.7 Å². The summed E-state index contributed by atoms with van der Waals surface area (Å²) < 4.78 is 0. The summed E-state index contributed by atoms with van der Waals surface area (Å²) in [5.74, 6) is -0.852. The van der Waals surface area contributed by atoms with Gasteiger partial charge in [-0.1, -0.05) is 36.7 Å². The second-order valence-electron chi connectivity index (χ2n) is 12.6. The number of rotatable bonds is 6. The molecule has 2 amide bonds. The van der Waals surface area contributed by atoms with Gasteiger partial charge in [0.05, 0.1) is 40.0 Å². The van der Waals surface area contributed by atoms with Crippen LogP contribution in [0.1, 0.15) is 60.2 Å². The number of amides is 2. The Labute approximate surface area is 309 Å². The number of carbonyl (C=O) groups excluding carboxylic acids is 5. The first kappa shape index (κ1) is 41.2. The number of halogens is 2. The molecule has 1 fully saturated rings. The fourth-order valence-electron chi connectivity index (χ4n) is 5.56. The molecule has 7 rings (SSSR count). The molecule has 0 saturated heterocycles. The number of nitrogens with one attached hydrogen (secondary N) is 1. The number of ketones is 3. The molecule has 0 radical (unpaired) electrons. The second-order valence-corrected chi connectivity index (χ2v) is 13.5. The Hall–Kier alpha value is -4.26. The molecule has 11 nitrogen and oxygen atoms in total. The highest BCUT2D eigenvalue weighted by molar-refractivity contribution is 6.52. The van der Waals surface area contributed by atoms with Gasteiger partial charge < -0.3 is 25.8 Å². The molecular weight excluding hydrogens is 691 g/mol. The van der Waals surface area contributed by atoms with Gasteiger partial charge in [-0.15, -0.1) is 0 Å². The number of nitrogens with two attached hydrogens (primary N) is 1. The summed E-state index contributed by atoms with van der Waals surface area (Å²) >= 11 is 11.8. The van der Waals surface area contributed by atoms with Crippen LogP contribution in [0.5, 0.6) is 0 Å². The highest BCUT2D eigenvalue weighted by atomic mass is 35.5. The van der Waals surface area contributed by atoms with Gasteiger partial charge in [-0.05, 0) is 103 Å². The van der Waals surface area contributed by atoms with Crippen LogP contribution in [0.3, 0.4) is 0 Å². The predicted molar refractivity (Wildman–Crippen MR) is 206 cm³/mol. The molecule has 3 aliphatic rings. The molecule has 0 bridgehead atoms. The molecule has 1 aromatic heterocycles. The molecule has 3 heterocycles. The van der Waals surface area contributed by atoms with Gasteiger partial charge in [0.25, 0.3) is 17.6 Å². The van der Waals surface area contributed by atoms with Gasteiger partial charge in [0.15, 0.2) is 0 Å². The van der Waals surface area contributed by atoms with Gasteiger partial charge in [-0.2, -0.15) is 0 Å². The second kappa shape index (κ2) is 18.8. The van der Waals surface area contributed by atoms with E-state index in [0.29, 0.717) is 40.7 Å². The average molecular weight is 738 g/mol. The highest BCUT2D eigenvalue weighted by Gasteiger charge is 2.32. The number of likely N-dealkylation sites (N-methyl/N-ethyl adjacent to an activating group) is 1. The van der Waals surface area contributed by atoms with E-state index in [0.717, 1.165) is 65.5 Å². The summed E-state index contributed by atoms with van der Waals surface area (Å²) in [5.41, 5.74) is 9.47. The fourth-order valence-corrected chi connectivity index (χ4v) is 5.91. The smallest absolute Gasteiger partial charge is 0.296 e. The quantitative estimate of drug-likeness (QED) is 0.133. The largest absolute Gasteiger partial charge is 0.330 e. The van der Waals surface area contributed by atoms with E-state index in [4.69, 9.17) is 33.9 Å². The van der Waals surface area contributed by atoms with Crippen LogP contribution in [0.25, 0.3) is 21.8 Å². The molecule has 1 aliphatic carbocycles. The van der Waals surface area contributed by atoms with Crippen molar-refractivity contribution in [3.63, 3.8) is 0 Å². The Morgan fingerprint density at radius 2 is 1.49 bits per heavy atom. The van der Waals surface area contributed by atoms with E-state index in [2.05, 4.69) is 29.2 Å². The molecule has 4 aromatic rings. The number of anilines is 2. The maximum absolute atomic E-state index is 13.1. The third-order valence-electron chi connectivity index (χ3n) is 8.06. The van der Waals surface area contributed by atoms with Crippen LogP contribution in [-0.2, 0) is 14.4 Å². The van der Waals surface area contributed by atoms with E-state index in [1.54, 1.807) is 12.1 Å². The SMILES string of the molecule is C.CN(C)CCCN.CN(C)CCN1C(=O)c2c3cc(Cl)ccc3nc3cccc1c23.O=C1CCCC(=O)C1.O=C1Nc2ccc(Cl)cc2C1=O. The Bertz CT molecular complexity index is 1920. The van der Waals surface area contributed by atoms with Gasteiger partial charge in [-0.25, -0.2) is 4.98 Å². The lowest BCUT2D eigenvalue weighted by molar-refractivity contribution is -0.129. The van der Waals surface area contributed by atoms with Gasteiger partial charge in [0.2, 0.25) is 0 Å². The molecule has 3 aromatic carbocycles. The maximum Gasteiger partial charge on any atom is 0.296 e. The Balaban J connectivity index is 0.000000210. The molecular formula is C38H46Cl2N6O5. The molecule has 272 valence electrons. The normalized spacial score (nSPS) is 14.4. The zero-order chi connectivity index (χ0) is 36.5. The minimum absolute atomic E-state index is 0. The van der Waals surface area contributed by atoms with Crippen molar-refractivity contribution in [1.82, 2.24) is 14.8 Å². The summed E-state index contributed by atoms with van der Waals surface area (Å²) in [6.07, 6.45) is 3.31. The van der Waals surface area contributed by atoms with E-state index in [1.807, 2.05) is 55.4 Å².